The Bertz CT molecular complexity index is 298. The lowest BCUT2D eigenvalue weighted by molar-refractivity contribution is -0.143. The zero-order chi connectivity index (χ0) is 9.26. The maximum atomic E-state index is 10.8. The van der Waals surface area contributed by atoms with E-state index in [9.17, 15) is 4.79 Å². The second kappa shape index (κ2) is 3.43. The van der Waals surface area contributed by atoms with E-state index in [2.05, 4.69) is 4.98 Å². The fraction of sp³-hybridized carbons (Fsp3) is 0.500. The number of carbonyl (C=O) groups is 1. The molecule has 0 spiro atoms. The van der Waals surface area contributed by atoms with E-state index < -0.39 is 11.9 Å². The molecule has 70 valence electrons. The van der Waals surface area contributed by atoms with Gasteiger partial charge in [-0.3, -0.25) is 4.79 Å². The third kappa shape index (κ3) is 1.57. The van der Waals surface area contributed by atoms with Crippen molar-refractivity contribution in [3.8, 4) is 0 Å². The SMILES string of the molecule is O=C(O)[C@H]1CCO[C@@H]1c1cscn1. The summed E-state index contributed by atoms with van der Waals surface area (Å²) >= 11 is 1.46. The number of carboxylic acid groups (broad SMARTS) is 1. The summed E-state index contributed by atoms with van der Waals surface area (Å²) in [5, 5.41) is 10.7. The molecule has 0 amide bonds. The highest BCUT2D eigenvalue weighted by Crippen LogP contribution is 2.34. The molecule has 0 bridgehead atoms. The third-order valence-corrected chi connectivity index (χ3v) is 2.76. The first-order valence-corrected chi connectivity index (χ1v) is 4.96. The van der Waals surface area contributed by atoms with E-state index in [4.69, 9.17) is 9.84 Å². The highest BCUT2D eigenvalue weighted by atomic mass is 32.1. The van der Waals surface area contributed by atoms with Crippen LogP contribution in [0.15, 0.2) is 10.9 Å². The van der Waals surface area contributed by atoms with Crippen molar-refractivity contribution in [3.05, 3.63) is 16.6 Å². The Morgan fingerprint density at radius 1 is 1.77 bits per heavy atom. The highest BCUT2D eigenvalue weighted by molar-refractivity contribution is 7.07. The number of hydrogen-bond acceptors (Lipinski definition) is 4. The van der Waals surface area contributed by atoms with Gasteiger partial charge >= 0.3 is 5.97 Å². The van der Waals surface area contributed by atoms with E-state index in [-0.39, 0.29) is 6.10 Å². The van der Waals surface area contributed by atoms with Crippen LogP contribution in [-0.2, 0) is 9.53 Å². The Morgan fingerprint density at radius 3 is 3.23 bits per heavy atom. The van der Waals surface area contributed by atoms with Gasteiger partial charge in [-0.2, -0.15) is 0 Å². The number of rotatable bonds is 2. The molecular formula is C8H9NO3S. The van der Waals surface area contributed by atoms with E-state index >= 15 is 0 Å². The molecule has 2 atom stereocenters. The molecule has 13 heavy (non-hydrogen) atoms. The van der Waals surface area contributed by atoms with Gasteiger partial charge in [-0.15, -0.1) is 11.3 Å². The summed E-state index contributed by atoms with van der Waals surface area (Å²) in [5.41, 5.74) is 2.44. The number of nitrogens with zero attached hydrogens (tertiary/aromatic N) is 1. The summed E-state index contributed by atoms with van der Waals surface area (Å²) in [6.45, 7) is 0.513. The minimum Gasteiger partial charge on any atom is -0.481 e. The molecule has 2 heterocycles. The summed E-state index contributed by atoms with van der Waals surface area (Å²) in [6.07, 6.45) is 0.237. The zero-order valence-corrected chi connectivity index (χ0v) is 7.66. The number of hydrogen-bond donors (Lipinski definition) is 1. The average Bonchev–Trinajstić information content (AvgIpc) is 2.74. The van der Waals surface area contributed by atoms with Gasteiger partial charge in [-0.05, 0) is 6.42 Å². The fourth-order valence-corrected chi connectivity index (χ4v) is 2.07. The van der Waals surface area contributed by atoms with Gasteiger partial charge in [0, 0.05) is 12.0 Å². The predicted molar refractivity (Wildman–Crippen MR) is 46.5 cm³/mol. The van der Waals surface area contributed by atoms with E-state index in [1.807, 2.05) is 5.38 Å². The Labute approximate surface area is 79.2 Å². The van der Waals surface area contributed by atoms with E-state index in [1.165, 1.54) is 11.3 Å². The first-order valence-electron chi connectivity index (χ1n) is 4.01. The quantitative estimate of drug-likeness (QED) is 0.780. The van der Waals surface area contributed by atoms with Crippen molar-refractivity contribution in [2.24, 2.45) is 5.92 Å². The monoisotopic (exact) mass is 199 g/mol. The highest BCUT2D eigenvalue weighted by Gasteiger charge is 2.36. The van der Waals surface area contributed by atoms with Crippen molar-refractivity contribution in [3.63, 3.8) is 0 Å². The van der Waals surface area contributed by atoms with Crippen LogP contribution in [0.5, 0.6) is 0 Å². The molecule has 0 radical (unpaired) electrons. The Kier molecular flexibility index (Phi) is 2.28. The number of carboxylic acids is 1. The lowest BCUT2D eigenvalue weighted by Crippen LogP contribution is -2.17. The Balaban J connectivity index is 2.19. The van der Waals surface area contributed by atoms with Crippen LogP contribution in [0, 0.1) is 5.92 Å². The number of aromatic nitrogens is 1. The van der Waals surface area contributed by atoms with Crippen molar-refractivity contribution in [2.45, 2.75) is 12.5 Å². The molecule has 2 rings (SSSR count). The van der Waals surface area contributed by atoms with Crippen LogP contribution in [0.2, 0.25) is 0 Å². The van der Waals surface area contributed by atoms with Crippen LogP contribution in [0.1, 0.15) is 18.2 Å². The summed E-state index contributed by atoms with van der Waals surface area (Å²) < 4.78 is 5.33. The number of aliphatic carboxylic acids is 1. The molecule has 0 aromatic carbocycles. The second-order valence-electron chi connectivity index (χ2n) is 2.94. The van der Waals surface area contributed by atoms with Gasteiger partial charge in [0.1, 0.15) is 6.10 Å². The molecule has 1 aromatic rings. The largest absolute Gasteiger partial charge is 0.481 e. The average molecular weight is 199 g/mol. The van der Waals surface area contributed by atoms with Gasteiger partial charge in [-0.25, -0.2) is 4.98 Å². The molecule has 0 unspecified atom stereocenters. The van der Waals surface area contributed by atoms with Gasteiger partial charge in [-0.1, -0.05) is 0 Å². The van der Waals surface area contributed by atoms with Crippen molar-refractivity contribution < 1.29 is 14.6 Å². The van der Waals surface area contributed by atoms with Gasteiger partial charge in [0.15, 0.2) is 0 Å². The summed E-state index contributed by atoms with van der Waals surface area (Å²) in [4.78, 5) is 14.9. The van der Waals surface area contributed by atoms with Crippen LogP contribution < -0.4 is 0 Å². The Hall–Kier alpha value is -0.940. The van der Waals surface area contributed by atoms with Crippen molar-refractivity contribution in [2.75, 3.05) is 6.61 Å². The van der Waals surface area contributed by atoms with E-state index in [0.717, 1.165) is 5.69 Å². The van der Waals surface area contributed by atoms with Gasteiger partial charge in [0.25, 0.3) is 0 Å². The first kappa shape index (κ1) is 8.65. The molecule has 1 aliphatic rings. The smallest absolute Gasteiger partial charge is 0.309 e. The van der Waals surface area contributed by atoms with E-state index in [1.54, 1.807) is 5.51 Å². The third-order valence-electron chi connectivity index (χ3n) is 2.15. The lowest BCUT2D eigenvalue weighted by Gasteiger charge is -2.11. The molecule has 5 heteroatoms. The van der Waals surface area contributed by atoms with Crippen molar-refractivity contribution in [1.82, 2.24) is 4.98 Å². The Morgan fingerprint density at radius 2 is 2.62 bits per heavy atom. The van der Waals surface area contributed by atoms with Gasteiger partial charge < -0.3 is 9.84 Å². The maximum Gasteiger partial charge on any atom is 0.309 e. The van der Waals surface area contributed by atoms with Crippen LogP contribution in [0.4, 0.5) is 0 Å². The predicted octanol–water partition coefficient (Wildman–Crippen LogP) is 1.31. The fourth-order valence-electron chi connectivity index (χ4n) is 1.50. The van der Waals surface area contributed by atoms with Crippen LogP contribution in [0.25, 0.3) is 0 Å². The minimum absolute atomic E-state index is 0.344. The summed E-state index contributed by atoms with van der Waals surface area (Å²) in [6, 6.07) is 0. The molecule has 4 nitrogen and oxygen atoms in total. The number of thiazole rings is 1. The summed E-state index contributed by atoms with van der Waals surface area (Å²) in [5.74, 6) is -1.22. The van der Waals surface area contributed by atoms with Crippen LogP contribution in [-0.4, -0.2) is 22.7 Å². The molecule has 1 N–H and O–H groups in total. The molecular weight excluding hydrogens is 190 g/mol. The van der Waals surface area contributed by atoms with Gasteiger partial charge in [0.2, 0.25) is 0 Å². The van der Waals surface area contributed by atoms with Crippen molar-refractivity contribution >= 4 is 17.3 Å². The zero-order valence-electron chi connectivity index (χ0n) is 6.84. The molecule has 0 aliphatic carbocycles. The maximum absolute atomic E-state index is 10.8. The molecule has 1 saturated heterocycles. The van der Waals surface area contributed by atoms with E-state index in [0.29, 0.717) is 13.0 Å². The lowest BCUT2D eigenvalue weighted by atomic mass is 10.0. The second-order valence-corrected chi connectivity index (χ2v) is 3.66. The molecule has 1 fully saturated rings. The topological polar surface area (TPSA) is 59.4 Å². The normalized spacial score (nSPS) is 27.7. The van der Waals surface area contributed by atoms with Crippen LogP contribution in [0.3, 0.4) is 0 Å². The van der Waals surface area contributed by atoms with Crippen LogP contribution >= 0.6 is 11.3 Å². The molecule has 0 saturated carbocycles. The summed E-state index contributed by atoms with van der Waals surface area (Å²) in [7, 11) is 0. The van der Waals surface area contributed by atoms with Crippen molar-refractivity contribution in [1.29, 1.82) is 0 Å². The molecule has 1 aromatic heterocycles. The number of ether oxygens (including phenoxy) is 1. The molecule has 1 aliphatic heterocycles. The standard InChI is InChI=1S/C8H9NO3S/c10-8(11)5-1-2-12-7(5)6-3-13-4-9-6/h3-5,7H,1-2H2,(H,10,11)/t5-,7-/m0/s1. The minimum atomic E-state index is -0.796. The first-order chi connectivity index (χ1) is 6.29. The van der Waals surface area contributed by atoms with Gasteiger partial charge in [0.05, 0.1) is 17.1 Å².